The molecule has 6 heteroatoms. The zero-order chi connectivity index (χ0) is 20.2. The minimum absolute atomic E-state index is 0.0332. The minimum atomic E-state index is -0.540. The van der Waals surface area contributed by atoms with E-state index in [0.29, 0.717) is 23.8 Å². The lowest BCUT2D eigenvalue weighted by atomic mass is 9.97. The fraction of sp³-hybridized carbons (Fsp3) is 0.391. The van der Waals surface area contributed by atoms with E-state index in [2.05, 4.69) is 23.1 Å². The predicted molar refractivity (Wildman–Crippen MR) is 116 cm³/mol. The molecule has 0 spiro atoms. The van der Waals surface area contributed by atoms with Gasteiger partial charge in [0.25, 0.3) is 0 Å². The first-order valence-corrected chi connectivity index (χ1v) is 10.9. The maximum Gasteiger partial charge on any atom is 0.159 e. The first-order valence-electron chi connectivity index (χ1n) is 10.1. The molecule has 0 saturated carbocycles. The van der Waals surface area contributed by atoms with Crippen LogP contribution in [0.4, 0.5) is 0 Å². The van der Waals surface area contributed by atoms with Crippen LogP contribution in [0.25, 0.3) is 10.2 Å². The van der Waals surface area contributed by atoms with Crippen LogP contribution >= 0.6 is 11.3 Å². The third-order valence-corrected chi connectivity index (χ3v) is 6.62. The Bertz CT molecular complexity index is 929. The molecule has 29 heavy (non-hydrogen) atoms. The molecule has 3 aromatic rings. The zero-order valence-electron chi connectivity index (χ0n) is 16.6. The molecular formula is C23H26N2O3S. The molecule has 1 atom stereocenters. The highest BCUT2D eigenvalue weighted by Crippen LogP contribution is 2.33. The van der Waals surface area contributed by atoms with Gasteiger partial charge in [-0.1, -0.05) is 12.1 Å². The lowest BCUT2D eigenvalue weighted by Gasteiger charge is -2.32. The van der Waals surface area contributed by atoms with Gasteiger partial charge in [0, 0.05) is 18.0 Å². The number of aliphatic hydroxyl groups is 1. The molecule has 4 rings (SSSR count). The number of benzene rings is 2. The first kappa shape index (κ1) is 20.0. The van der Waals surface area contributed by atoms with E-state index in [1.54, 1.807) is 31.2 Å². The van der Waals surface area contributed by atoms with Crippen molar-refractivity contribution in [3.8, 4) is 5.75 Å². The number of aliphatic hydroxyl groups excluding tert-OH is 1. The average molecular weight is 411 g/mol. The maximum absolute atomic E-state index is 11.3. The fourth-order valence-electron chi connectivity index (χ4n) is 3.76. The molecule has 1 fully saturated rings. The molecule has 5 nitrogen and oxygen atoms in total. The number of fused-ring (bicyclic) bond motifs is 1. The number of rotatable bonds is 7. The van der Waals surface area contributed by atoms with Gasteiger partial charge in [-0.2, -0.15) is 0 Å². The first-order chi connectivity index (χ1) is 14.1. The van der Waals surface area contributed by atoms with E-state index in [4.69, 9.17) is 9.72 Å². The molecule has 0 bridgehead atoms. The van der Waals surface area contributed by atoms with Crippen LogP contribution in [0.2, 0.25) is 0 Å². The lowest BCUT2D eigenvalue weighted by molar-refractivity contribution is 0.0594. The minimum Gasteiger partial charge on any atom is -0.491 e. The third-order valence-electron chi connectivity index (χ3n) is 5.42. The molecule has 1 N–H and O–H groups in total. The van der Waals surface area contributed by atoms with Gasteiger partial charge >= 0.3 is 0 Å². The number of ketones is 1. The van der Waals surface area contributed by atoms with Crippen molar-refractivity contribution in [1.29, 1.82) is 0 Å². The number of aromatic nitrogens is 1. The van der Waals surface area contributed by atoms with Crippen molar-refractivity contribution in [3.05, 3.63) is 59.1 Å². The molecule has 1 aromatic heterocycles. The molecule has 2 heterocycles. The Labute approximate surface area is 175 Å². The van der Waals surface area contributed by atoms with Crippen LogP contribution < -0.4 is 4.74 Å². The quantitative estimate of drug-likeness (QED) is 0.594. The SMILES string of the molecule is CC(=O)c1ccc(OCC(O)CN2CCC(c3nc4ccccc4s3)CC2)cc1. The largest absolute Gasteiger partial charge is 0.491 e. The molecule has 0 amide bonds. The Hall–Kier alpha value is -2.28. The highest BCUT2D eigenvalue weighted by atomic mass is 32.1. The standard InChI is InChI=1S/C23H26N2O3S/c1-16(26)17-6-8-20(9-7-17)28-15-19(27)14-25-12-10-18(11-13-25)23-24-21-4-2-3-5-22(21)29-23/h2-9,18-19,27H,10-15H2,1H3. The van der Waals surface area contributed by atoms with Gasteiger partial charge in [-0.05, 0) is 69.3 Å². The van der Waals surface area contributed by atoms with E-state index in [9.17, 15) is 9.90 Å². The summed E-state index contributed by atoms with van der Waals surface area (Å²) in [5.74, 6) is 1.21. The second-order valence-corrected chi connectivity index (χ2v) is 8.70. The molecule has 152 valence electrons. The number of likely N-dealkylation sites (tertiary alicyclic amines) is 1. The van der Waals surface area contributed by atoms with Gasteiger partial charge in [-0.3, -0.25) is 4.79 Å². The molecule has 1 aliphatic rings. The van der Waals surface area contributed by atoms with E-state index in [1.165, 1.54) is 9.71 Å². The van der Waals surface area contributed by atoms with Crippen LogP contribution in [0.5, 0.6) is 5.75 Å². The fourth-order valence-corrected chi connectivity index (χ4v) is 4.89. The van der Waals surface area contributed by atoms with Crippen LogP contribution in [0.3, 0.4) is 0 Å². The van der Waals surface area contributed by atoms with E-state index in [1.807, 2.05) is 17.4 Å². The Kier molecular flexibility index (Phi) is 6.23. The van der Waals surface area contributed by atoms with Crippen molar-refractivity contribution < 1.29 is 14.6 Å². The monoisotopic (exact) mass is 410 g/mol. The number of hydrogen-bond acceptors (Lipinski definition) is 6. The van der Waals surface area contributed by atoms with E-state index in [0.717, 1.165) is 31.4 Å². The number of β-amino-alcohol motifs (C(OH)–C–C–N with tert-alkyl or cyclic N) is 1. The number of piperidine rings is 1. The Morgan fingerprint density at radius 2 is 1.93 bits per heavy atom. The van der Waals surface area contributed by atoms with Crippen molar-refractivity contribution in [2.45, 2.75) is 31.8 Å². The summed E-state index contributed by atoms with van der Waals surface area (Å²) < 4.78 is 6.93. The van der Waals surface area contributed by atoms with Gasteiger partial charge in [0.1, 0.15) is 18.5 Å². The number of para-hydroxylation sites is 1. The highest BCUT2D eigenvalue weighted by molar-refractivity contribution is 7.18. The van der Waals surface area contributed by atoms with Crippen LogP contribution in [-0.2, 0) is 0 Å². The second kappa shape index (κ2) is 9.03. The maximum atomic E-state index is 11.3. The summed E-state index contributed by atoms with van der Waals surface area (Å²) in [7, 11) is 0. The van der Waals surface area contributed by atoms with Crippen molar-refractivity contribution in [3.63, 3.8) is 0 Å². The number of carbonyl (C=O) groups is 1. The summed E-state index contributed by atoms with van der Waals surface area (Å²) in [6.07, 6.45) is 1.60. The molecule has 1 unspecified atom stereocenters. The summed E-state index contributed by atoms with van der Waals surface area (Å²) >= 11 is 1.81. The second-order valence-electron chi connectivity index (χ2n) is 7.64. The van der Waals surface area contributed by atoms with Crippen molar-refractivity contribution in [2.24, 2.45) is 0 Å². The smallest absolute Gasteiger partial charge is 0.159 e. The van der Waals surface area contributed by atoms with Gasteiger partial charge in [0.2, 0.25) is 0 Å². The number of Topliss-reactive ketones (excluding diaryl/α,β-unsaturated/α-hetero) is 1. The summed E-state index contributed by atoms with van der Waals surface area (Å²) in [6, 6.07) is 15.3. The van der Waals surface area contributed by atoms with Crippen molar-refractivity contribution in [1.82, 2.24) is 9.88 Å². The summed E-state index contributed by atoms with van der Waals surface area (Å²) in [5, 5.41) is 11.6. The van der Waals surface area contributed by atoms with Gasteiger partial charge in [-0.15, -0.1) is 11.3 Å². The zero-order valence-corrected chi connectivity index (χ0v) is 17.4. The van der Waals surface area contributed by atoms with Gasteiger partial charge in [-0.25, -0.2) is 4.98 Å². The van der Waals surface area contributed by atoms with Gasteiger partial charge in [0.15, 0.2) is 5.78 Å². The number of ether oxygens (including phenoxy) is 1. The van der Waals surface area contributed by atoms with Crippen LogP contribution in [0.1, 0.15) is 41.0 Å². The molecule has 1 aliphatic heterocycles. The van der Waals surface area contributed by atoms with Crippen LogP contribution in [0.15, 0.2) is 48.5 Å². The van der Waals surface area contributed by atoms with Gasteiger partial charge < -0.3 is 14.7 Å². The number of nitrogens with zero attached hydrogens (tertiary/aromatic N) is 2. The Morgan fingerprint density at radius 3 is 2.62 bits per heavy atom. The number of thiazole rings is 1. The average Bonchev–Trinajstić information content (AvgIpc) is 3.17. The van der Waals surface area contributed by atoms with Gasteiger partial charge in [0.05, 0.1) is 15.2 Å². The number of hydrogen-bond donors (Lipinski definition) is 1. The number of carbonyl (C=O) groups excluding carboxylic acids is 1. The predicted octanol–water partition coefficient (Wildman–Crippen LogP) is 4.12. The van der Waals surface area contributed by atoms with Crippen LogP contribution in [-0.4, -0.2) is 53.1 Å². The van der Waals surface area contributed by atoms with Crippen molar-refractivity contribution >= 4 is 27.3 Å². The molecule has 0 radical (unpaired) electrons. The molecule has 0 aliphatic carbocycles. The molecular weight excluding hydrogens is 384 g/mol. The molecule has 1 saturated heterocycles. The Morgan fingerprint density at radius 1 is 1.21 bits per heavy atom. The van der Waals surface area contributed by atoms with Crippen LogP contribution in [0, 0.1) is 0 Å². The summed E-state index contributed by atoms with van der Waals surface area (Å²) in [5.41, 5.74) is 1.76. The van der Waals surface area contributed by atoms with E-state index >= 15 is 0 Å². The molecule has 2 aromatic carbocycles. The third kappa shape index (κ3) is 5.01. The van der Waals surface area contributed by atoms with E-state index in [-0.39, 0.29) is 12.4 Å². The highest BCUT2D eigenvalue weighted by Gasteiger charge is 2.24. The van der Waals surface area contributed by atoms with E-state index < -0.39 is 6.10 Å². The van der Waals surface area contributed by atoms with Crippen molar-refractivity contribution in [2.75, 3.05) is 26.2 Å². The lowest BCUT2D eigenvalue weighted by Crippen LogP contribution is -2.40. The summed E-state index contributed by atoms with van der Waals surface area (Å²) in [6.45, 7) is 4.32. The normalized spacial score (nSPS) is 16.8. The Balaban J connectivity index is 1.23. The topological polar surface area (TPSA) is 62.7 Å². The summed E-state index contributed by atoms with van der Waals surface area (Å²) in [4.78, 5) is 18.4.